The van der Waals surface area contributed by atoms with E-state index in [1.165, 1.54) is 29.5 Å². The molecule has 1 heterocycles. The Balaban J connectivity index is 2.07. The maximum atomic E-state index is 13.4. The number of hydrogen-bond donors (Lipinski definition) is 2. The molecular weight excluding hydrogens is 259 g/mol. The lowest BCUT2D eigenvalue weighted by Gasteiger charge is -2.05. The highest BCUT2D eigenvalue weighted by molar-refractivity contribution is 7.80. The summed E-state index contributed by atoms with van der Waals surface area (Å²) in [5.74, 6) is -1.02. The fraction of sp³-hybridized carbons (Fsp3) is 0.0909. The topological polar surface area (TPSA) is 42.0 Å². The minimum absolute atomic E-state index is 0.00673. The number of amides is 1. The Morgan fingerprint density at radius 2 is 2.35 bits per heavy atom. The third-order valence-electron chi connectivity index (χ3n) is 2.11. The smallest absolute Gasteiger partial charge is 0.254 e. The largest absolute Gasteiger partial charge is 0.346 e. The zero-order valence-corrected chi connectivity index (χ0v) is 10.4. The normalized spacial score (nSPS) is 10.2. The SMILES string of the molecule is O=C(NCc1cscn1)c1cc(S)ccc1F. The summed E-state index contributed by atoms with van der Waals surface area (Å²) < 4.78 is 13.4. The van der Waals surface area contributed by atoms with Gasteiger partial charge in [-0.25, -0.2) is 9.37 Å². The summed E-state index contributed by atoms with van der Waals surface area (Å²) >= 11 is 5.51. The van der Waals surface area contributed by atoms with E-state index < -0.39 is 11.7 Å². The Morgan fingerprint density at radius 3 is 3.06 bits per heavy atom. The molecule has 0 fully saturated rings. The molecule has 17 heavy (non-hydrogen) atoms. The number of nitrogens with one attached hydrogen (secondary N) is 1. The molecule has 0 spiro atoms. The lowest BCUT2D eigenvalue weighted by molar-refractivity contribution is 0.0946. The number of rotatable bonds is 3. The van der Waals surface area contributed by atoms with E-state index in [0.717, 1.165) is 5.69 Å². The van der Waals surface area contributed by atoms with Crippen molar-refractivity contribution in [3.8, 4) is 0 Å². The molecule has 1 aromatic heterocycles. The second-order valence-corrected chi connectivity index (χ2v) is 4.56. The summed E-state index contributed by atoms with van der Waals surface area (Å²) in [5.41, 5.74) is 2.43. The van der Waals surface area contributed by atoms with Gasteiger partial charge in [-0.3, -0.25) is 4.79 Å². The van der Waals surface area contributed by atoms with E-state index in [1.807, 2.05) is 5.38 Å². The van der Waals surface area contributed by atoms with Crippen molar-refractivity contribution in [3.05, 3.63) is 46.2 Å². The second-order valence-electron chi connectivity index (χ2n) is 3.33. The number of carbonyl (C=O) groups is 1. The molecule has 0 radical (unpaired) electrons. The maximum absolute atomic E-state index is 13.4. The van der Waals surface area contributed by atoms with Crippen LogP contribution in [0.3, 0.4) is 0 Å². The molecule has 88 valence electrons. The number of halogens is 1. The van der Waals surface area contributed by atoms with Crippen LogP contribution in [-0.2, 0) is 6.54 Å². The van der Waals surface area contributed by atoms with Crippen LogP contribution in [0.15, 0.2) is 34.0 Å². The molecule has 1 N–H and O–H groups in total. The Bertz CT molecular complexity index is 528. The maximum Gasteiger partial charge on any atom is 0.254 e. The molecule has 2 rings (SSSR count). The van der Waals surface area contributed by atoms with Crippen molar-refractivity contribution < 1.29 is 9.18 Å². The van der Waals surface area contributed by atoms with Gasteiger partial charge in [-0.15, -0.1) is 24.0 Å². The number of thiazole rings is 1. The summed E-state index contributed by atoms with van der Waals surface area (Å²) in [6.45, 7) is 0.290. The summed E-state index contributed by atoms with van der Waals surface area (Å²) in [7, 11) is 0. The Morgan fingerprint density at radius 1 is 1.53 bits per heavy atom. The Hall–Kier alpha value is -1.40. The quantitative estimate of drug-likeness (QED) is 0.840. The third kappa shape index (κ3) is 3.04. The monoisotopic (exact) mass is 268 g/mol. The lowest BCUT2D eigenvalue weighted by atomic mass is 10.2. The van der Waals surface area contributed by atoms with E-state index in [0.29, 0.717) is 11.4 Å². The van der Waals surface area contributed by atoms with Gasteiger partial charge in [-0.05, 0) is 18.2 Å². The molecule has 1 amide bonds. The van der Waals surface area contributed by atoms with Crippen LogP contribution in [-0.4, -0.2) is 10.9 Å². The Labute approximate surface area is 107 Å². The van der Waals surface area contributed by atoms with Gasteiger partial charge in [0.2, 0.25) is 0 Å². The molecule has 0 aliphatic carbocycles. The molecular formula is C11H9FN2OS2. The summed E-state index contributed by atoms with van der Waals surface area (Å²) in [6, 6.07) is 4.12. The van der Waals surface area contributed by atoms with Crippen LogP contribution in [0.1, 0.15) is 16.1 Å². The van der Waals surface area contributed by atoms with Crippen molar-refractivity contribution >= 4 is 29.9 Å². The highest BCUT2D eigenvalue weighted by Gasteiger charge is 2.11. The summed E-state index contributed by atoms with van der Waals surface area (Å²) in [4.78, 5) is 16.3. The molecule has 0 unspecified atom stereocenters. The van der Waals surface area contributed by atoms with Crippen molar-refractivity contribution in [2.24, 2.45) is 0 Å². The van der Waals surface area contributed by atoms with Crippen LogP contribution < -0.4 is 5.32 Å². The van der Waals surface area contributed by atoms with Gasteiger partial charge in [0.05, 0.1) is 23.3 Å². The van der Waals surface area contributed by atoms with Crippen molar-refractivity contribution in [3.63, 3.8) is 0 Å². The van der Waals surface area contributed by atoms with Gasteiger partial charge in [0.25, 0.3) is 5.91 Å². The first kappa shape index (κ1) is 12.1. The van der Waals surface area contributed by atoms with Gasteiger partial charge in [0, 0.05) is 10.3 Å². The molecule has 0 saturated carbocycles. The van der Waals surface area contributed by atoms with Crippen molar-refractivity contribution in [1.29, 1.82) is 0 Å². The van der Waals surface area contributed by atoms with Crippen molar-refractivity contribution in [2.45, 2.75) is 11.4 Å². The van der Waals surface area contributed by atoms with Crippen LogP contribution in [0.25, 0.3) is 0 Å². The Kier molecular flexibility index (Phi) is 3.75. The standard InChI is InChI=1S/C11H9FN2OS2/c12-10-2-1-8(16)3-9(10)11(15)13-4-7-5-17-6-14-7/h1-3,5-6,16H,4H2,(H,13,15). The molecule has 3 nitrogen and oxygen atoms in total. The summed E-state index contributed by atoms with van der Waals surface area (Å²) in [5, 5.41) is 4.43. The molecule has 1 aromatic carbocycles. The van der Waals surface area contributed by atoms with Gasteiger partial charge in [0.15, 0.2) is 0 Å². The predicted octanol–water partition coefficient (Wildman–Crippen LogP) is 2.50. The average Bonchev–Trinajstić information content (AvgIpc) is 2.82. The zero-order valence-electron chi connectivity index (χ0n) is 8.68. The first-order chi connectivity index (χ1) is 8.16. The first-order valence-electron chi connectivity index (χ1n) is 4.80. The minimum atomic E-state index is -0.557. The molecule has 0 saturated heterocycles. The van der Waals surface area contributed by atoms with E-state index in [4.69, 9.17) is 0 Å². The van der Waals surface area contributed by atoms with Gasteiger partial charge in [0.1, 0.15) is 5.82 Å². The minimum Gasteiger partial charge on any atom is -0.346 e. The van der Waals surface area contributed by atoms with E-state index in [9.17, 15) is 9.18 Å². The molecule has 0 aliphatic rings. The summed E-state index contributed by atoms with van der Waals surface area (Å²) in [6.07, 6.45) is 0. The number of nitrogens with zero attached hydrogens (tertiary/aromatic N) is 1. The fourth-order valence-electron chi connectivity index (χ4n) is 1.28. The van der Waals surface area contributed by atoms with Crippen LogP contribution in [0.4, 0.5) is 4.39 Å². The molecule has 0 aliphatic heterocycles. The van der Waals surface area contributed by atoms with Gasteiger partial charge in [-0.1, -0.05) is 0 Å². The highest BCUT2D eigenvalue weighted by Crippen LogP contribution is 2.13. The molecule has 0 atom stereocenters. The van der Waals surface area contributed by atoms with Crippen LogP contribution >= 0.6 is 24.0 Å². The van der Waals surface area contributed by atoms with Crippen LogP contribution in [0.5, 0.6) is 0 Å². The number of thiol groups is 1. The predicted molar refractivity (Wildman–Crippen MR) is 66.9 cm³/mol. The van der Waals surface area contributed by atoms with Gasteiger partial charge < -0.3 is 5.32 Å². The van der Waals surface area contributed by atoms with Gasteiger partial charge in [-0.2, -0.15) is 0 Å². The van der Waals surface area contributed by atoms with E-state index >= 15 is 0 Å². The number of carbonyl (C=O) groups excluding carboxylic acids is 1. The zero-order chi connectivity index (χ0) is 12.3. The van der Waals surface area contributed by atoms with E-state index in [1.54, 1.807) is 5.51 Å². The molecule has 6 heteroatoms. The van der Waals surface area contributed by atoms with Crippen LogP contribution in [0.2, 0.25) is 0 Å². The average molecular weight is 268 g/mol. The van der Waals surface area contributed by atoms with E-state index in [2.05, 4.69) is 22.9 Å². The fourth-order valence-corrected chi connectivity index (χ4v) is 2.04. The molecule has 0 bridgehead atoms. The van der Waals surface area contributed by atoms with Crippen LogP contribution in [0, 0.1) is 5.82 Å². The van der Waals surface area contributed by atoms with E-state index in [-0.39, 0.29) is 5.56 Å². The number of hydrogen-bond acceptors (Lipinski definition) is 4. The van der Waals surface area contributed by atoms with Crippen molar-refractivity contribution in [2.75, 3.05) is 0 Å². The molecule has 2 aromatic rings. The highest BCUT2D eigenvalue weighted by atomic mass is 32.1. The lowest BCUT2D eigenvalue weighted by Crippen LogP contribution is -2.24. The first-order valence-corrected chi connectivity index (χ1v) is 6.19. The van der Waals surface area contributed by atoms with Crippen molar-refractivity contribution in [1.82, 2.24) is 10.3 Å². The second kappa shape index (κ2) is 5.29. The number of aromatic nitrogens is 1. The van der Waals surface area contributed by atoms with Gasteiger partial charge >= 0.3 is 0 Å². The third-order valence-corrected chi connectivity index (χ3v) is 3.02. The number of benzene rings is 1.